The van der Waals surface area contributed by atoms with Gasteiger partial charge in [0.15, 0.2) is 0 Å². The van der Waals surface area contributed by atoms with E-state index in [0.29, 0.717) is 25.1 Å². The molecule has 0 saturated heterocycles. The second kappa shape index (κ2) is 7.19. The molecule has 0 saturated carbocycles. The summed E-state index contributed by atoms with van der Waals surface area (Å²) in [7, 11) is 1.77. The predicted octanol–water partition coefficient (Wildman–Crippen LogP) is 3.51. The summed E-state index contributed by atoms with van der Waals surface area (Å²) in [5.41, 5.74) is 3.19. The van der Waals surface area contributed by atoms with Crippen LogP contribution in [0.25, 0.3) is 0 Å². The minimum absolute atomic E-state index is 0.0776. The average Bonchev–Trinajstić information content (AvgIpc) is 3.10. The van der Waals surface area contributed by atoms with E-state index in [1.165, 1.54) is 5.01 Å². The fourth-order valence-electron chi connectivity index (χ4n) is 2.77. The topological polar surface area (TPSA) is 53.0 Å². The number of hydrazone groups is 1. The van der Waals surface area contributed by atoms with Gasteiger partial charge in [-0.25, -0.2) is 5.01 Å². The number of thiophene rings is 1. The van der Waals surface area contributed by atoms with Gasteiger partial charge in [-0.3, -0.25) is 9.59 Å². The van der Waals surface area contributed by atoms with Gasteiger partial charge in [-0.2, -0.15) is 5.10 Å². The zero-order valence-electron chi connectivity index (χ0n) is 14.7. The third-order valence-electron chi connectivity index (χ3n) is 4.19. The summed E-state index contributed by atoms with van der Waals surface area (Å²) >= 11 is 1.62. The zero-order valence-corrected chi connectivity index (χ0v) is 15.5. The first-order valence-electron chi connectivity index (χ1n) is 8.21. The number of aryl methyl sites for hydroxylation is 2. The van der Waals surface area contributed by atoms with Gasteiger partial charge >= 0.3 is 0 Å². The van der Waals surface area contributed by atoms with Crippen molar-refractivity contribution in [2.45, 2.75) is 33.2 Å². The Kier molecular flexibility index (Phi) is 4.99. The Morgan fingerprint density at radius 2 is 2.08 bits per heavy atom. The average molecular weight is 355 g/mol. The third-order valence-corrected chi connectivity index (χ3v) is 5.05. The maximum atomic E-state index is 12.7. The molecule has 1 aliphatic rings. The molecule has 2 heterocycles. The summed E-state index contributed by atoms with van der Waals surface area (Å²) in [6.45, 7) is 4.46. The molecule has 0 fully saturated rings. The molecule has 0 spiro atoms. The van der Waals surface area contributed by atoms with Crippen molar-refractivity contribution < 1.29 is 9.59 Å². The van der Waals surface area contributed by atoms with Crippen LogP contribution in [0, 0.1) is 13.8 Å². The van der Waals surface area contributed by atoms with Crippen LogP contribution in [-0.4, -0.2) is 29.5 Å². The number of carbonyl (C=O) groups excluding carboxylic acids is 2. The van der Waals surface area contributed by atoms with Crippen LogP contribution >= 0.6 is 11.3 Å². The number of carbonyl (C=O) groups is 2. The van der Waals surface area contributed by atoms with E-state index in [2.05, 4.69) is 5.10 Å². The fraction of sp³-hybridized carbons (Fsp3) is 0.316. The lowest BCUT2D eigenvalue weighted by molar-refractivity contribution is -0.123. The van der Waals surface area contributed by atoms with Gasteiger partial charge in [0.1, 0.15) is 5.71 Å². The Morgan fingerprint density at radius 3 is 2.80 bits per heavy atom. The number of anilines is 1. The molecule has 0 atom stereocenters. The minimum atomic E-state index is -0.129. The molecule has 25 heavy (non-hydrogen) atoms. The zero-order chi connectivity index (χ0) is 18.0. The van der Waals surface area contributed by atoms with Gasteiger partial charge in [-0.15, -0.1) is 11.3 Å². The second-order valence-corrected chi connectivity index (χ2v) is 7.32. The molecule has 0 unspecified atom stereocenters. The van der Waals surface area contributed by atoms with E-state index < -0.39 is 0 Å². The van der Waals surface area contributed by atoms with Crippen molar-refractivity contribution in [3.63, 3.8) is 0 Å². The highest BCUT2D eigenvalue weighted by Gasteiger charge is 2.28. The Hall–Kier alpha value is -2.47. The molecular formula is C19H21N3O2S. The van der Waals surface area contributed by atoms with Crippen LogP contribution < -0.4 is 5.01 Å². The van der Waals surface area contributed by atoms with Crippen molar-refractivity contribution >= 4 is 34.6 Å². The number of rotatable bonds is 4. The third kappa shape index (κ3) is 3.79. The van der Waals surface area contributed by atoms with Crippen molar-refractivity contribution in [2.75, 3.05) is 12.1 Å². The van der Waals surface area contributed by atoms with Gasteiger partial charge in [0, 0.05) is 24.8 Å². The number of benzene rings is 1. The highest BCUT2D eigenvalue weighted by Crippen LogP contribution is 2.25. The first-order valence-corrected chi connectivity index (χ1v) is 9.09. The fourth-order valence-corrected chi connectivity index (χ4v) is 3.53. The summed E-state index contributed by atoms with van der Waals surface area (Å²) < 4.78 is 0. The normalized spacial score (nSPS) is 14.4. The minimum Gasteiger partial charge on any atom is -0.335 e. The summed E-state index contributed by atoms with van der Waals surface area (Å²) in [6, 6.07) is 9.87. The Morgan fingerprint density at radius 1 is 1.28 bits per heavy atom. The smallest absolute Gasteiger partial charge is 0.270 e. The molecule has 130 valence electrons. The molecule has 1 aliphatic heterocycles. The van der Waals surface area contributed by atoms with E-state index in [9.17, 15) is 9.59 Å². The molecule has 6 heteroatoms. The number of hydrogen-bond acceptors (Lipinski definition) is 4. The van der Waals surface area contributed by atoms with Crippen molar-refractivity contribution in [3.8, 4) is 0 Å². The Bertz CT molecular complexity index is 827. The van der Waals surface area contributed by atoms with Gasteiger partial charge < -0.3 is 4.90 Å². The van der Waals surface area contributed by atoms with Crippen LogP contribution in [0.2, 0.25) is 0 Å². The number of amides is 2. The standard InChI is InChI=1S/C19H21N3O2S/c1-13-6-7-14(2)17(11-13)22-18(23)9-8-16(20-22)19(24)21(3)12-15-5-4-10-25-15/h4-7,10-11H,8-9,12H2,1-3H3. The van der Waals surface area contributed by atoms with Gasteiger partial charge in [0.05, 0.1) is 12.2 Å². The molecule has 5 nitrogen and oxygen atoms in total. The van der Waals surface area contributed by atoms with E-state index in [1.54, 1.807) is 23.3 Å². The van der Waals surface area contributed by atoms with Crippen molar-refractivity contribution in [3.05, 3.63) is 51.7 Å². The van der Waals surface area contributed by atoms with Gasteiger partial charge in [0.2, 0.25) is 5.91 Å². The molecule has 0 radical (unpaired) electrons. The number of hydrogen-bond donors (Lipinski definition) is 0. The van der Waals surface area contributed by atoms with Crippen molar-refractivity contribution in [1.29, 1.82) is 0 Å². The Balaban J connectivity index is 1.85. The lowest BCUT2D eigenvalue weighted by Gasteiger charge is -2.26. The molecule has 3 rings (SSSR count). The van der Waals surface area contributed by atoms with Crippen LogP contribution in [0.4, 0.5) is 5.69 Å². The summed E-state index contributed by atoms with van der Waals surface area (Å²) in [6.07, 6.45) is 0.679. The van der Waals surface area contributed by atoms with Gasteiger partial charge in [-0.1, -0.05) is 18.2 Å². The first kappa shape index (κ1) is 17.4. The molecule has 1 aromatic heterocycles. The lowest BCUT2D eigenvalue weighted by Crippen LogP contribution is -2.39. The molecule has 0 bridgehead atoms. The van der Waals surface area contributed by atoms with E-state index in [4.69, 9.17) is 0 Å². The SMILES string of the molecule is Cc1ccc(C)c(N2N=C(C(=O)N(C)Cc3cccs3)CCC2=O)c1. The van der Waals surface area contributed by atoms with Crippen LogP contribution in [0.5, 0.6) is 0 Å². The van der Waals surface area contributed by atoms with E-state index >= 15 is 0 Å². The molecule has 0 N–H and O–H groups in total. The molecular weight excluding hydrogens is 334 g/mol. The van der Waals surface area contributed by atoms with Crippen LogP contribution in [0.15, 0.2) is 40.8 Å². The highest BCUT2D eigenvalue weighted by molar-refractivity contribution is 7.09. The molecule has 2 amide bonds. The summed E-state index contributed by atoms with van der Waals surface area (Å²) in [5.74, 6) is -0.206. The summed E-state index contributed by atoms with van der Waals surface area (Å²) in [4.78, 5) is 27.8. The van der Waals surface area contributed by atoms with E-state index in [-0.39, 0.29) is 11.8 Å². The van der Waals surface area contributed by atoms with E-state index in [1.807, 2.05) is 49.6 Å². The molecule has 0 aliphatic carbocycles. The molecule has 1 aromatic carbocycles. The number of nitrogens with zero attached hydrogens (tertiary/aromatic N) is 3. The predicted molar refractivity (Wildman–Crippen MR) is 101 cm³/mol. The largest absolute Gasteiger partial charge is 0.335 e. The van der Waals surface area contributed by atoms with Crippen molar-refractivity contribution in [1.82, 2.24) is 4.90 Å². The van der Waals surface area contributed by atoms with Gasteiger partial charge in [-0.05, 0) is 42.5 Å². The van der Waals surface area contributed by atoms with E-state index in [0.717, 1.165) is 21.7 Å². The van der Waals surface area contributed by atoms with Gasteiger partial charge in [0.25, 0.3) is 5.91 Å². The monoisotopic (exact) mass is 355 g/mol. The first-order chi connectivity index (χ1) is 12.0. The highest BCUT2D eigenvalue weighted by atomic mass is 32.1. The van der Waals surface area contributed by atoms with Crippen molar-refractivity contribution in [2.24, 2.45) is 5.10 Å². The van der Waals surface area contributed by atoms with Crippen LogP contribution in [-0.2, 0) is 16.1 Å². The van der Waals surface area contributed by atoms with Crippen LogP contribution in [0.3, 0.4) is 0 Å². The molecule has 2 aromatic rings. The second-order valence-electron chi connectivity index (χ2n) is 6.28. The Labute approximate surface area is 151 Å². The maximum Gasteiger partial charge on any atom is 0.270 e. The quantitative estimate of drug-likeness (QED) is 0.843. The van der Waals surface area contributed by atoms with Crippen LogP contribution in [0.1, 0.15) is 28.8 Å². The maximum absolute atomic E-state index is 12.7. The summed E-state index contributed by atoms with van der Waals surface area (Å²) in [5, 5.41) is 7.78. The lowest BCUT2D eigenvalue weighted by atomic mass is 10.1.